The van der Waals surface area contributed by atoms with Gasteiger partial charge in [-0.15, -0.1) is 0 Å². The predicted molar refractivity (Wildman–Crippen MR) is 66.8 cm³/mol. The lowest BCUT2D eigenvalue weighted by Crippen LogP contribution is -2.57. The van der Waals surface area contributed by atoms with Crippen molar-refractivity contribution in [1.29, 1.82) is 0 Å². The smallest absolute Gasteiger partial charge is 0.249 e. The molecule has 3 N–H and O–H groups in total. The third-order valence-electron chi connectivity index (χ3n) is 3.01. The highest BCUT2D eigenvalue weighted by atomic mass is 16.2. The summed E-state index contributed by atoms with van der Waals surface area (Å²) < 4.78 is 0. The Morgan fingerprint density at radius 1 is 1.50 bits per heavy atom. The summed E-state index contributed by atoms with van der Waals surface area (Å²) >= 11 is 0. The van der Waals surface area contributed by atoms with Gasteiger partial charge in [0, 0.05) is 17.8 Å². The minimum absolute atomic E-state index is 0.121. The Labute approximate surface area is 105 Å². The Balaban J connectivity index is 2.43. The molecule has 6 heteroatoms. The quantitative estimate of drug-likeness (QED) is 0.701. The highest BCUT2D eigenvalue weighted by molar-refractivity contribution is 6.04. The van der Waals surface area contributed by atoms with Gasteiger partial charge in [-0.2, -0.15) is 0 Å². The van der Waals surface area contributed by atoms with Crippen LogP contribution in [-0.4, -0.2) is 29.4 Å². The number of aromatic nitrogens is 1. The molecule has 1 atom stereocenters. The maximum absolute atomic E-state index is 11.6. The molecule has 0 spiro atoms. The Kier molecular flexibility index (Phi) is 3.29. The Morgan fingerprint density at radius 2 is 2.22 bits per heavy atom. The maximum atomic E-state index is 11.6. The van der Waals surface area contributed by atoms with Crippen molar-refractivity contribution in [1.82, 2.24) is 10.3 Å². The fraction of sp³-hybridized carbons (Fsp3) is 0.417. The largest absolute Gasteiger partial charge is 0.335 e. The van der Waals surface area contributed by atoms with Crippen LogP contribution in [0.5, 0.6) is 0 Å². The number of pyridine rings is 1. The molecule has 1 unspecified atom stereocenters. The van der Waals surface area contributed by atoms with Crippen molar-refractivity contribution < 1.29 is 9.59 Å². The molecule has 0 aliphatic carbocycles. The molecule has 2 amide bonds. The third kappa shape index (κ3) is 2.19. The van der Waals surface area contributed by atoms with Crippen molar-refractivity contribution in [3.8, 4) is 0 Å². The summed E-state index contributed by atoms with van der Waals surface area (Å²) in [5.41, 5.74) is 7.33. The Bertz CT molecular complexity index is 501. The second-order valence-electron chi connectivity index (χ2n) is 4.36. The summed E-state index contributed by atoms with van der Waals surface area (Å²) in [6.45, 7) is 4.05. The number of imide groups is 1. The first-order chi connectivity index (χ1) is 8.52. The summed E-state index contributed by atoms with van der Waals surface area (Å²) in [4.78, 5) is 29.2. The molecular formula is C12H16N4O2. The van der Waals surface area contributed by atoms with E-state index in [0.29, 0.717) is 12.4 Å². The average molecular weight is 248 g/mol. The van der Waals surface area contributed by atoms with E-state index >= 15 is 0 Å². The van der Waals surface area contributed by atoms with E-state index in [0.717, 1.165) is 11.3 Å². The van der Waals surface area contributed by atoms with Crippen molar-refractivity contribution in [2.75, 3.05) is 11.4 Å². The van der Waals surface area contributed by atoms with E-state index in [1.54, 1.807) is 11.8 Å². The summed E-state index contributed by atoms with van der Waals surface area (Å²) in [6.07, 6.45) is 0. The van der Waals surface area contributed by atoms with Crippen LogP contribution >= 0.6 is 0 Å². The van der Waals surface area contributed by atoms with E-state index in [-0.39, 0.29) is 18.4 Å². The van der Waals surface area contributed by atoms with Gasteiger partial charge in [0.05, 0.1) is 6.54 Å². The number of hydrogen-bond donors (Lipinski definition) is 2. The topological polar surface area (TPSA) is 88.3 Å². The zero-order valence-electron chi connectivity index (χ0n) is 10.4. The average Bonchev–Trinajstić information content (AvgIpc) is 2.33. The summed E-state index contributed by atoms with van der Waals surface area (Å²) in [6, 6.07) is 3.31. The normalized spacial score (nSPS) is 19.9. The van der Waals surface area contributed by atoms with E-state index in [9.17, 15) is 9.59 Å². The minimum Gasteiger partial charge on any atom is -0.335 e. The zero-order valence-corrected chi connectivity index (χ0v) is 10.4. The molecule has 2 heterocycles. The van der Waals surface area contributed by atoms with Gasteiger partial charge in [0.2, 0.25) is 11.8 Å². The van der Waals surface area contributed by atoms with Gasteiger partial charge in [-0.1, -0.05) is 6.07 Å². The standard InChI is InChI=1S/C12H16N4O2/c1-7-3-4-9(5-13)11(14-7)16-6-10(17)15-12(18)8(16)2/h3-4,8H,5-6,13H2,1-2H3,(H,15,17,18). The number of nitrogens with two attached hydrogens (primary N) is 1. The number of anilines is 1. The van der Waals surface area contributed by atoms with Crippen LogP contribution < -0.4 is 16.0 Å². The van der Waals surface area contributed by atoms with Gasteiger partial charge in [-0.3, -0.25) is 14.9 Å². The van der Waals surface area contributed by atoms with Crippen molar-refractivity contribution in [3.63, 3.8) is 0 Å². The second-order valence-corrected chi connectivity index (χ2v) is 4.36. The molecule has 1 aliphatic heterocycles. The zero-order chi connectivity index (χ0) is 13.3. The van der Waals surface area contributed by atoms with Gasteiger partial charge in [-0.25, -0.2) is 4.98 Å². The van der Waals surface area contributed by atoms with Crippen LogP contribution in [0.2, 0.25) is 0 Å². The molecule has 18 heavy (non-hydrogen) atoms. The van der Waals surface area contributed by atoms with Crippen molar-refractivity contribution in [2.24, 2.45) is 5.73 Å². The van der Waals surface area contributed by atoms with Crippen LogP contribution in [0.3, 0.4) is 0 Å². The van der Waals surface area contributed by atoms with E-state index in [4.69, 9.17) is 5.73 Å². The van der Waals surface area contributed by atoms with Crippen molar-refractivity contribution in [2.45, 2.75) is 26.4 Å². The first-order valence-electron chi connectivity index (χ1n) is 5.80. The van der Waals surface area contributed by atoms with Crippen LogP contribution in [0.4, 0.5) is 5.82 Å². The summed E-state index contributed by atoms with van der Waals surface area (Å²) in [5, 5.41) is 2.30. The van der Waals surface area contributed by atoms with Crippen LogP contribution in [0.25, 0.3) is 0 Å². The molecule has 0 aromatic carbocycles. The lowest BCUT2D eigenvalue weighted by molar-refractivity contribution is -0.132. The first-order valence-corrected chi connectivity index (χ1v) is 5.80. The van der Waals surface area contributed by atoms with Gasteiger partial charge in [0.15, 0.2) is 0 Å². The van der Waals surface area contributed by atoms with Crippen LogP contribution in [0.15, 0.2) is 12.1 Å². The predicted octanol–water partition coefficient (Wildman–Crippen LogP) is -0.300. The number of nitrogens with one attached hydrogen (secondary N) is 1. The molecule has 0 saturated carbocycles. The first kappa shape index (κ1) is 12.5. The number of piperazine rings is 1. The summed E-state index contributed by atoms with van der Waals surface area (Å²) in [7, 11) is 0. The summed E-state index contributed by atoms with van der Waals surface area (Å²) in [5.74, 6) is -0.00453. The van der Waals surface area contributed by atoms with Gasteiger partial charge >= 0.3 is 0 Å². The second kappa shape index (κ2) is 4.73. The molecule has 0 bridgehead atoms. The Morgan fingerprint density at radius 3 is 2.89 bits per heavy atom. The van der Waals surface area contributed by atoms with Gasteiger partial charge in [-0.05, 0) is 19.9 Å². The molecule has 6 nitrogen and oxygen atoms in total. The molecule has 1 aliphatic rings. The highest BCUT2D eigenvalue weighted by Gasteiger charge is 2.32. The number of amides is 2. The number of hydrogen-bond acceptors (Lipinski definition) is 5. The van der Waals surface area contributed by atoms with Gasteiger partial charge < -0.3 is 10.6 Å². The molecule has 1 fully saturated rings. The van der Waals surface area contributed by atoms with E-state index in [2.05, 4.69) is 10.3 Å². The molecule has 2 rings (SSSR count). The number of carbonyl (C=O) groups excluding carboxylic acids is 2. The number of aryl methyl sites for hydroxylation is 1. The molecule has 1 aromatic rings. The van der Waals surface area contributed by atoms with E-state index in [1.807, 2.05) is 19.1 Å². The van der Waals surface area contributed by atoms with Gasteiger partial charge in [0.25, 0.3) is 0 Å². The molecular weight excluding hydrogens is 232 g/mol. The molecule has 0 radical (unpaired) electrons. The molecule has 1 aromatic heterocycles. The highest BCUT2D eigenvalue weighted by Crippen LogP contribution is 2.21. The van der Waals surface area contributed by atoms with E-state index in [1.165, 1.54) is 0 Å². The minimum atomic E-state index is -0.428. The Hall–Kier alpha value is -1.95. The monoisotopic (exact) mass is 248 g/mol. The van der Waals surface area contributed by atoms with Crippen molar-refractivity contribution in [3.05, 3.63) is 23.4 Å². The SMILES string of the molecule is Cc1ccc(CN)c(N2CC(=O)NC(=O)C2C)n1. The van der Waals surface area contributed by atoms with Gasteiger partial charge in [0.1, 0.15) is 11.9 Å². The maximum Gasteiger partial charge on any atom is 0.249 e. The van der Waals surface area contributed by atoms with E-state index < -0.39 is 6.04 Å². The number of carbonyl (C=O) groups is 2. The van der Waals surface area contributed by atoms with Crippen LogP contribution in [-0.2, 0) is 16.1 Å². The number of nitrogens with zero attached hydrogens (tertiary/aromatic N) is 2. The fourth-order valence-electron chi connectivity index (χ4n) is 1.95. The fourth-order valence-corrected chi connectivity index (χ4v) is 1.95. The molecule has 96 valence electrons. The number of rotatable bonds is 2. The third-order valence-corrected chi connectivity index (χ3v) is 3.01. The van der Waals surface area contributed by atoms with Crippen LogP contribution in [0.1, 0.15) is 18.2 Å². The lowest BCUT2D eigenvalue weighted by atomic mass is 10.1. The van der Waals surface area contributed by atoms with Crippen LogP contribution in [0, 0.1) is 6.92 Å². The van der Waals surface area contributed by atoms with Crippen molar-refractivity contribution >= 4 is 17.6 Å². The molecule has 1 saturated heterocycles. The lowest BCUT2D eigenvalue weighted by Gasteiger charge is -2.33.